The van der Waals surface area contributed by atoms with Gasteiger partial charge in [-0.05, 0) is 31.2 Å². The van der Waals surface area contributed by atoms with E-state index >= 15 is 0 Å². The molecule has 1 aromatic carbocycles. The van der Waals surface area contributed by atoms with Crippen molar-refractivity contribution in [2.45, 2.75) is 24.4 Å². The summed E-state index contributed by atoms with van der Waals surface area (Å²) in [7, 11) is 1.67. The standard InChI is InChI=1S/C20H19N5OS2/c1-3-25-18(14-7-9-21-10-8-14)23-24-20(25)28-13-16-12-27-19(22-16)15-5-4-6-17(11-15)26-2/h4-12H,3,13H2,1-2H3. The second-order valence-corrected chi connectivity index (χ2v) is 7.75. The molecule has 28 heavy (non-hydrogen) atoms. The number of rotatable bonds is 7. The summed E-state index contributed by atoms with van der Waals surface area (Å²) in [6, 6.07) is 11.9. The third-order valence-electron chi connectivity index (χ3n) is 4.19. The molecule has 0 radical (unpaired) electrons. The Morgan fingerprint density at radius 1 is 1.11 bits per heavy atom. The molecule has 0 fully saturated rings. The molecule has 3 aromatic heterocycles. The van der Waals surface area contributed by atoms with Gasteiger partial charge in [-0.25, -0.2) is 4.98 Å². The van der Waals surface area contributed by atoms with Gasteiger partial charge in [0.25, 0.3) is 0 Å². The van der Waals surface area contributed by atoms with Crippen molar-refractivity contribution in [3.05, 3.63) is 59.9 Å². The Morgan fingerprint density at radius 2 is 1.96 bits per heavy atom. The summed E-state index contributed by atoms with van der Waals surface area (Å²) >= 11 is 3.29. The Kier molecular flexibility index (Phi) is 5.68. The lowest BCUT2D eigenvalue weighted by Gasteiger charge is -2.06. The summed E-state index contributed by atoms with van der Waals surface area (Å²) in [5, 5.41) is 12.7. The van der Waals surface area contributed by atoms with Crippen LogP contribution in [0.25, 0.3) is 22.0 Å². The van der Waals surface area contributed by atoms with Crippen molar-refractivity contribution >= 4 is 23.1 Å². The molecule has 4 rings (SSSR count). The van der Waals surface area contributed by atoms with Crippen LogP contribution in [0.3, 0.4) is 0 Å². The SMILES string of the molecule is CCn1c(SCc2csc(-c3cccc(OC)c3)n2)nnc1-c1ccncc1. The molecule has 0 aliphatic rings. The first-order valence-electron chi connectivity index (χ1n) is 8.83. The van der Waals surface area contributed by atoms with Crippen LogP contribution in [0.2, 0.25) is 0 Å². The third kappa shape index (κ3) is 3.93. The molecule has 0 saturated heterocycles. The van der Waals surface area contributed by atoms with E-state index < -0.39 is 0 Å². The zero-order chi connectivity index (χ0) is 19.3. The smallest absolute Gasteiger partial charge is 0.191 e. The van der Waals surface area contributed by atoms with Crippen molar-refractivity contribution in [1.82, 2.24) is 24.7 Å². The molecule has 8 heteroatoms. The van der Waals surface area contributed by atoms with Gasteiger partial charge in [0.1, 0.15) is 10.8 Å². The molecule has 0 spiro atoms. The highest BCUT2D eigenvalue weighted by Gasteiger charge is 2.14. The fourth-order valence-corrected chi connectivity index (χ4v) is 4.61. The monoisotopic (exact) mass is 409 g/mol. The summed E-state index contributed by atoms with van der Waals surface area (Å²) in [4.78, 5) is 8.84. The van der Waals surface area contributed by atoms with Crippen LogP contribution in [0.1, 0.15) is 12.6 Å². The van der Waals surface area contributed by atoms with Crippen molar-refractivity contribution in [1.29, 1.82) is 0 Å². The van der Waals surface area contributed by atoms with Crippen LogP contribution < -0.4 is 4.74 Å². The van der Waals surface area contributed by atoms with Gasteiger partial charge < -0.3 is 9.30 Å². The number of pyridine rings is 1. The van der Waals surface area contributed by atoms with Gasteiger partial charge in [-0.15, -0.1) is 21.5 Å². The Balaban J connectivity index is 1.50. The molecule has 0 aliphatic carbocycles. The molecule has 0 aliphatic heterocycles. The molecule has 3 heterocycles. The van der Waals surface area contributed by atoms with Gasteiger partial charge in [0.2, 0.25) is 0 Å². The van der Waals surface area contributed by atoms with Crippen molar-refractivity contribution < 1.29 is 4.74 Å². The van der Waals surface area contributed by atoms with E-state index in [4.69, 9.17) is 9.72 Å². The average Bonchev–Trinajstić information content (AvgIpc) is 3.39. The Hall–Kier alpha value is -2.71. The number of thiazole rings is 1. The molecular formula is C20H19N5OS2. The normalized spacial score (nSPS) is 10.9. The van der Waals surface area contributed by atoms with E-state index in [-0.39, 0.29) is 0 Å². The van der Waals surface area contributed by atoms with Crippen LogP contribution in [0.15, 0.2) is 59.3 Å². The topological polar surface area (TPSA) is 65.7 Å². The van der Waals surface area contributed by atoms with Crippen LogP contribution in [0.5, 0.6) is 5.75 Å². The maximum Gasteiger partial charge on any atom is 0.191 e. The van der Waals surface area contributed by atoms with Gasteiger partial charge in [0, 0.05) is 41.2 Å². The van der Waals surface area contributed by atoms with Gasteiger partial charge in [-0.3, -0.25) is 4.98 Å². The fraction of sp³-hybridized carbons (Fsp3) is 0.200. The third-order valence-corrected chi connectivity index (χ3v) is 6.13. The highest BCUT2D eigenvalue weighted by Crippen LogP contribution is 2.30. The van der Waals surface area contributed by atoms with Crippen LogP contribution in [0.4, 0.5) is 0 Å². The molecule has 0 atom stereocenters. The molecule has 0 amide bonds. The maximum absolute atomic E-state index is 5.30. The number of aromatic nitrogens is 5. The van der Waals surface area contributed by atoms with Crippen molar-refractivity contribution in [3.63, 3.8) is 0 Å². The summed E-state index contributed by atoms with van der Waals surface area (Å²) in [6.07, 6.45) is 3.54. The van der Waals surface area contributed by atoms with Gasteiger partial charge in [-0.2, -0.15) is 0 Å². The Labute approximate surface area is 171 Å². The number of hydrogen-bond donors (Lipinski definition) is 0. The lowest BCUT2D eigenvalue weighted by Crippen LogP contribution is -2.00. The van der Waals surface area contributed by atoms with E-state index in [2.05, 4.69) is 32.1 Å². The number of benzene rings is 1. The van der Waals surface area contributed by atoms with Crippen molar-refractivity contribution in [2.75, 3.05) is 7.11 Å². The molecule has 6 nitrogen and oxygen atoms in total. The first kappa shape index (κ1) is 18.6. The lowest BCUT2D eigenvalue weighted by atomic mass is 10.2. The zero-order valence-electron chi connectivity index (χ0n) is 15.6. The summed E-state index contributed by atoms with van der Waals surface area (Å²) in [5.41, 5.74) is 3.12. The summed E-state index contributed by atoms with van der Waals surface area (Å²) in [5.74, 6) is 2.45. The molecule has 0 N–H and O–H groups in total. The minimum atomic E-state index is 0.745. The van der Waals surface area contributed by atoms with E-state index in [1.165, 1.54) is 0 Å². The lowest BCUT2D eigenvalue weighted by molar-refractivity contribution is 0.415. The highest BCUT2D eigenvalue weighted by molar-refractivity contribution is 7.98. The van der Waals surface area contributed by atoms with Crippen molar-refractivity contribution in [3.8, 4) is 27.7 Å². The Bertz CT molecular complexity index is 1060. The number of methoxy groups -OCH3 is 1. The van der Waals surface area contributed by atoms with Gasteiger partial charge in [-0.1, -0.05) is 23.9 Å². The van der Waals surface area contributed by atoms with Crippen LogP contribution in [0, 0.1) is 0 Å². The molecule has 4 aromatic rings. The zero-order valence-corrected chi connectivity index (χ0v) is 17.2. The number of thioether (sulfide) groups is 1. The van der Waals surface area contributed by atoms with E-state index in [0.717, 1.165) is 50.9 Å². The quantitative estimate of drug-likeness (QED) is 0.409. The second-order valence-electron chi connectivity index (χ2n) is 5.95. The van der Waals surface area contributed by atoms with Crippen LogP contribution in [-0.4, -0.2) is 31.8 Å². The number of hydrogen-bond acceptors (Lipinski definition) is 7. The van der Waals surface area contributed by atoms with Gasteiger partial charge in [0.15, 0.2) is 11.0 Å². The minimum absolute atomic E-state index is 0.745. The minimum Gasteiger partial charge on any atom is -0.497 e. The number of ether oxygens (including phenoxy) is 1. The number of nitrogens with zero attached hydrogens (tertiary/aromatic N) is 5. The molecular weight excluding hydrogens is 390 g/mol. The molecule has 0 saturated carbocycles. The van der Waals surface area contributed by atoms with Crippen LogP contribution >= 0.6 is 23.1 Å². The highest BCUT2D eigenvalue weighted by atomic mass is 32.2. The first-order chi connectivity index (χ1) is 13.8. The van der Waals surface area contributed by atoms with E-state index in [1.807, 2.05) is 36.4 Å². The first-order valence-corrected chi connectivity index (χ1v) is 10.7. The van der Waals surface area contributed by atoms with E-state index in [0.29, 0.717) is 0 Å². The summed E-state index contributed by atoms with van der Waals surface area (Å²) < 4.78 is 7.42. The van der Waals surface area contributed by atoms with Gasteiger partial charge >= 0.3 is 0 Å². The van der Waals surface area contributed by atoms with Crippen LogP contribution in [-0.2, 0) is 12.3 Å². The predicted octanol–water partition coefficient (Wildman–Crippen LogP) is 4.78. The van der Waals surface area contributed by atoms with E-state index in [1.54, 1.807) is 42.6 Å². The maximum atomic E-state index is 5.30. The second kappa shape index (κ2) is 8.53. The summed E-state index contributed by atoms with van der Waals surface area (Å²) in [6.45, 7) is 2.90. The predicted molar refractivity (Wildman–Crippen MR) is 113 cm³/mol. The van der Waals surface area contributed by atoms with E-state index in [9.17, 15) is 0 Å². The fourth-order valence-electron chi connectivity index (χ4n) is 2.80. The average molecular weight is 410 g/mol. The Morgan fingerprint density at radius 3 is 2.75 bits per heavy atom. The molecule has 0 unspecified atom stereocenters. The molecule has 0 bridgehead atoms. The largest absolute Gasteiger partial charge is 0.497 e. The molecule has 142 valence electrons. The van der Waals surface area contributed by atoms with Crippen molar-refractivity contribution in [2.24, 2.45) is 0 Å². The van der Waals surface area contributed by atoms with Gasteiger partial charge in [0.05, 0.1) is 12.8 Å².